The highest BCUT2D eigenvalue weighted by molar-refractivity contribution is 8.02. The Morgan fingerprint density at radius 2 is 1.92 bits per heavy atom. The third-order valence-corrected chi connectivity index (χ3v) is 10.0. The van der Waals surface area contributed by atoms with Crippen LogP contribution in [0, 0.1) is 11.8 Å². The molecule has 3 heterocycles. The van der Waals surface area contributed by atoms with Crippen molar-refractivity contribution in [2.45, 2.75) is 48.3 Å². The first-order valence-corrected chi connectivity index (χ1v) is 13.7. The molecule has 3 fully saturated rings. The maximum atomic E-state index is 14.5. The average molecular weight is 528 g/mol. The number of fused-ring (bicyclic) bond motifs is 1. The van der Waals surface area contributed by atoms with E-state index in [2.05, 4.69) is 13.2 Å². The van der Waals surface area contributed by atoms with Crippen LogP contribution < -0.4 is 9.64 Å². The molecular formula is C28H37N3O5S. The lowest BCUT2D eigenvalue weighted by atomic mass is 9.70. The maximum Gasteiger partial charge on any atom is 0.251 e. The average Bonchev–Trinajstić information content (AvgIpc) is 3.55. The lowest BCUT2D eigenvalue weighted by molar-refractivity contribution is -0.144. The van der Waals surface area contributed by atoms with E-state index < -0.39 is 28.7 Å². The summed E-state index contributed by atoms with van der Waals surface area (Å²) in [4.78, 5) is 47.0. The van der Waals surface area contributed by atoms with Crippen LogP contribution in [-0.2, 0) is 14.4 Å². The number of hydrogen-bond acceptors (Lipinski definition) is 6. The smallest absolute Gasteiger partial charge is 0.251 e. The largest absolute Gasteiger partial charge is 0.497 e. The number of amides is 3. The zero-order valence-corrected chi connectivity index (χ0v) is 22.7. The predicted molar refractivity (Wildman–Crippen MR) is 146 cm³/mol. The molecule has 3 saturated heterocycles. The van der Waals surface area contributed by atoms with Crippen molar-refractivity contribution in [1.82, 2.24) is 9.80 Å². The van der Waals surface area contributed by atoms with E-state index in [1.807, 2.05) is 19.1 Å². The van der Waals surface area contributed by atoms with E-state index in [0.29, 0.717) is 30.8 Å². The molecule has 0 radical (unpaired) electrons. The lowest BCUT2D eigenvalue weighted by Gasteiger charge is -2.39. The molecule has 1 N–H and O–H groups in total. The summed E-state index contributed by atoms with van der Waals surface area (Å²) in [6, 6.07) is 5.91. The molecule has 3 aliphatic rings. The standard InChI is InChI=1S/C28H37N3O5S/c1-6-15-29(4)25(33)22-21-13-14-28(37-21)23(22)26(34)31(18(8-3)17-32)24(28)27(35)30(16-7-2)19-9-11-20(36-5)12-10-19/h6-7,9-12,18,21-24,32H,1-2,8,13-17H2,3-5H3/t18-,21-,22+,23-,24?,28?/m0/s1. The number of rotatable bonds is 11. The molecule has 37 heavy (non-hydrogen) atoms. The Morgan fingerprint density at radius 1 is 1.24 bits per heavy atom. The zero-order valence-electron chi connectivity index (χ0n) is 21.8. The SMILES string of the molecule is C=CCN(C)C(=O)[C@@H]1[C@@H]2CCC3(S2)C(C(=O)N(CC=C)c2ccc(OC)cc2)N([C@@H](CC)CO)C(=O)[C@H]13. The van der Waals surface area contributed by atoms with E-state index in [0.717, 1.165) is 6.42 Å². The van der Waals surface area contributed by atoms with Crippen LogP contribution in [0.4, 0.5) is 5.69 Å². The summed E-state index contributed by atoms with van der Waals surface area (Å²) < 4.78 is 4.56. The van der Waals surface area contributed by atoms with Crippen LogP contribution >= 0.6 is 11.8 Å². The highest BCUT2D eigenvalue weighted by atomic mass is 32.2. The highest BCUT2D eigenvalue weighted by Crippen LogP contribution is 2.67. The second-order valence-corrected chi connectivity index (χ2v) is 11.6. The van der Waals surface area contributed by atoms with Crippen molar-refractivity contribution in [2.24, 2.45) is 11.8 Å². The molecule has 6 atom stereocenters. The molecule has 8 nitrogen and oxygen atoms in total. The monoisotopic (exact) mass is 527 g/mol. The number of ether oxygens (including phenoxy) is 1. The van der Waals surface area contributed by atoms with Gasteiger partial charge in [-0.05, 0) is 43.5 Å². The van der Waals surface area contributed by atoms with E-state index in [9.17, 15) is 19.5 Å². The summed E-state index contributed by atoms with van der Waals surface area (Å²) >= 11 is 1.63. The molecule has 200 valence electrons. The Bertz CT molecular complexity index is 1060. The van der Waals surface area contributed by atoms with Gasteiger partial charge in [0.05, 0.1) is 36.3 Å². The zero-order chi connectivity index (χ0) is 26.9. The highest BCUT2D eigenvalue weighted by Gasteiger charge is 2.74. The van der Waals surface area contributed by atoms with E-state index >= 15 is 0 Å². The van der Waals surface area contributed by atoms with Crippen LogP contribution in [0.5, 0.6) is 5.75 Å². The molecule has 3 aliphatic heterocycles. The Morgan fingerprint density at radius 3 is 2.49 bits per heavy atom. The molecule has 1 aromatic rings. The van der Waals surface area contributed by atoms with Gasteiger partial charge in [0.15, 0.2) is 0 Å². The van der Waals surface area contributed by atoms with Gasteiger partial charge in [0.25, 0.3) is 5.91 Å². The maximum absolute atomic E-state index is 14.5. The summed E-state index contributed by atoms with van der Waals surface area (Å²) in [5.41, 5.74) is 0.672. The quantitative estimate of drug-likeness (QED) is 0.445. The van der Waals surface area contributed by atoms with E-state index in [4.69, 9.17) is 4.74 Å². The van der Waals surface area contributed by atoms with Crippen LogP contribution in [0.15, 0.2) is 49.6 Å². The Balaban J connectivity index is 1.79. The lowest BCUT2D eigenvalue weighted by Crippen LogP contribution is -2.57. The first-order chi connectivity index (χ1) is 17.8. The molecule has 4 rings (SSSR count). The van der Waals surface area contributed by atoms with Gasteiger partial charge < -0.3 is 24.5 Å². The van der Waals surface area contributed by atoms with E-state index in [1.165, 1.54) is 0 Å². The van der Waals surface area contributed by atoms with Gasteiger partial charge in [-0.2, -0.15) is 0 Å². The van der Waals surface area contributed by atoms with Gasteiger partial charge in [-0.25, -0.2) is 0 Å². The number of anilines is 1. The van der Waals surface area contributed by atoms with Crippen LogP contribution in [0.1, 0.15) is 26.2 Å². The number of likely N-dealkylation sites (tertiary alicyclic amines) is 1. The van der Waals surface area contributed by atoms with Crippen molar-refractivity contribution >= 4 is 35.2 Å². The molecule has 1 spiro atoms. The fraction of sp³-hybridized carbons (Fsp3) is 0.536. The topological polar surface area (TPSA) is 90.4 Å². The Kier molecular flexibility index (Phi) is 8.04. The number of aliphatic hydroxyl groups excluding tert-OH is 1. The first kappa shape index (κ1) is 27.3. The van der Waals surface area contributed by atoms with E-state index in [-0.39, 0.29) is 36.1 Å². The molecule has 1 aromatic carbocycles. The summed E-state index contributed by atoms with van der Waals surface area (Å²) in [7, 11) is 3.31. The third kappa shape index (κ3) is 4.36. The summed E-state index contributed by atoms with van der Waals surface area (Å²) in [6.07, 6.45) is 5.28. The number of carbonyl (C=O) groups excluding carboxylic acids is 3. The van der Waals surface area contributed by atoms with Crippen LogP contribution in [-0.4, -0.2) is 88.6 Å². The fourth-order valence-electron chi connectivity index (χ4n) is 6.36. The number of aliphatic hydroxyl groups is 1. The normalized spacial score (nSPS) is 28.5. The minimum atomic E-state index is -0.790. The minimum absolute atomic E-state index is 0.0193. The van der Waals surface area contributed by atoms with Gasteiger partial charge in [-0.15, -0.1) is 24.9 Å². The van der Waals surface area contributed by atoms with Gasteiger partial charge >= 0.3 is 0 Å². The van der Waals surface area contributed by atoms with Crippen LogP contribution in [0.3, 0.4) is 0 Å². The summed E-state index contributed by atoms with van der Waals surface area (Å²) in [5.74, 6) is -0.928. The van der Waals surface area contributed by atoms with Crippen molar-refractivity contribution in [1.29, 1.82) is 0 Å². The second kappa shape index (κ2) is 10.9. The molecular weight excluding hydrogens is 490 g/mol. The number of hydrogen-bond donors (Lipinski definition) is 1. The van der Waals surface area contributed by atoms with Crippen LogP contribution in [0.25, 0.3) is 0 Å². The second-order valence-electron chi connectivity index (χ2n) is 9.99. The third-order valence-electron chi connectivity index (χ3n) is 8.07. The fourth-order valence-corrected chi connectivity index (χ4v) is 8.55. The van der Waals surface area contributed by atoms with Gasteiger partial charge in [0, 0.05) is 31.1 Å². The minimum Gasteiger partial charge on any atom is -0.497 e. The predicted octanol–water partition coefficient (Wildman–Crippen LogP) is 2.72. The molecule has 9 heteroatoms. The van der Waals surface area contributed by atoms with Crippen molar-refractivity contribution in [2.75, 3.05) is 38.8 Å². The molecule has 0 saturated carbocycles. The van der Waals surface area contributed by atoms with Gasteiger partial charge in [-0.1, -0.05) is 19.1 Å². The number of nitrogens with zero attached hydrogens (tertiary/aromatic N) is 3. The Hall–Kier alpha value is -2.78. The molecule has 2 bridgehead atoms. The van der Waals surface area contributed by atoms with Gasteiger partial charge in [0.2, 0.25) is 11.8 Å². The van der Waals surface area contributed by atoms with Crippen molar-refractivity contribution in [3.8, 4) is 5.75 Å². The molecule has 0 aliphatic carbocycles. The number of methoxy groups -OCH3 is 1. The van der Waals surface area contributed by atoms with Crippen molar-refractivity contribution < 1.29 is 24.2 Å². The first-order valence-electron chi connectivity index (χ1n) is 12.8. The number of carbonyl (C=O) groups is 3. The van der Waals surface area contributed by atoms with Crippen molar-refractivity contribution in [3.63, 3.8) is 0 Å². The number of benzene rings is 1. The summed E-state index contributed by atoms with van der Waals surface area (Å²) in [6.45, 7) is 9.90. The molecule has 2 unspecified atom stereocenters. The van der Waals surface area contributed by atoms with Crippen LogP contribution in [0.2, 0.25) is 0 Å². The molecule has 0 aromatic heterocycles. The Labute approximate surface area is 223 Å². The van der Waals surface area contributed by atoms with Gasteiger partial charge in [-0.3, -0.25) is 14.4 Å². The van der Waals surface area contributed by atoms with Crippen molar-refractivity contribution in [3.05, 3.63) is 49.6 Å². The van der Waals surface area contributed by atoms with E-state index in [1.54, 1.807) is 64.9 Å². The summed E-state index contributed by atoms with van der Waals surface area (Å²) in [5, 5.41) is 10.2. The number of likely N-dealkylation sites (N-methyl/N-ethyl adjacent to an activating group) is 1. The number of thioether (sulfide) groups is 1. The van der Waals surface area contributed by atoms with Gasteiger partial charge in [0.1, 0.15) is 11.8 Å². The molecule has 3 amide bonds.